The highest BCUT2D eigenvalue weighted by Gasteiger charge is 2.11. The molecule has 7 heteroatoms. The standard InChI is InChI=1S/C11H17N5S2/c1-4-16-10(13-14-11(16)17)8-7-12-9(18-8)5-6-15(2)3/h7H,4-6H2,1-3H3,(H,14,17). The number of aromatic amines is 1. The molecular weight excluding hydrogens is 266 g/mol. The van der Waals surface area contributed by atoms with Gasteiger partial charge in [-0.1, -0.05) is 0 Å². The van der Waals surface area contributed by atoms with E-state index in [2.05, 4.69) is 41.1 Å². The average molecular weight is 283 g/mol. The van der Waals surface area contributed by atoms with Gasteiger partial charge in [-0.3, -0.25) is 9.67 Å². The third kappa shape index (κ3) is 2.85. The van der Waals surface area contributed by atoms with E-state index in [4.69, 9.17) is 12.2 Å². The minimum Gasteiger partial charge on any atom is -0.309 e. The molecule has 0 saturated carbocycles. The topological polar surface area (TPSA) is 49.7 Å². The Hall–Kier alpha value is -1.05. The molecule has 0 aliphatic heterocycles. The number of hydrogen-bond acceptors (Lipinski definition) is 5. The summed E-state index contributed by atoms with van der Waals surface area (Å²) in [6, 6.07) is 0. The molecule has 0 fully saturated rings. The summed E-state index contributed by atoms with van der Waals surface area (Å²) in [5.74, 6) is 0.885. The van der Waals surface area contributed by atoms with E-state index in [0.717, 1.165) is 35.2 Å². The molecule has 98 valence electrons. The molecule has 2 heterocycles. The van der Waals surface area contributed by atoms with Crippen LogP contribution in [0.25, 0.3) is 10.7 Å². The molecule has 0 aliphatic carbocycles. The Morgan fingerprint density at radius 3 is 2.94 bits per heavy atom. The maximum Gasteiger partial charge on any atom is 0.195 e. The number of nitrogens with zero attached hydrogens (tertiary/aromatic N) is 4. The Morgan fingerprint density at radius 1 is 1.50 bits per heavy atom. The number of thiazole rings is 1. The first-order chi connectivity index (χ1) is 8.61. The molecule has 0 saturated heterocycles. The summed E-state index contributed by atoms with van der Waals surface area (Å²) < 4.78 is 2.65. The molecule has 5 nitrogen and oxygen atoms in total. The highest BCUT2D eigenvalue weighted by molar-refractivity contribution is 7.71. The van der Waals surface area contributed by atoms with Crippen molar-refractivity contribution in [3.8, 4) is 10.7 Å². The van der Waals surface area contributed by atoms with Crippen LogP contribution in [0, 0.1) is 4.77 Å². The van der Waals surface area contributed by atoms with Crippen LogP contribution in [0.2, 0.25) is 0 Å². The SMILES string of the molecule is CCn1c(-c2cnc(CCN(C)C)s2)n[nH]c1=S. The largest absolute Gasteiger partial charge is 0.309 e. The van der Waals surface area contributed by atoms with Crippen molar-refractivity contribution < 1.29 is 0 Å². The molecule has 0 bridgehead atoms. The second-order valence-electron chi connectivity index (χ2n) is 4.27. The fourth-order valence-electron chi connectivity index (χ4n) is 1.65. The smallest absolute Gasteiger partial charge is 0.195 e. The molecule has 0 radical (unpaired) electrons. The second-order valence-corrected chi connectivity index (χ2v) is 5.77. The molecule has 1 N–H and O–H groups in total. The average Bonchev–Trinajstić information content (AvgIpc) is 2.92. The van der Waals surface area contributed by atoms with Gasteiger partial charge >= 0.3 is 0 Å². The normalized spacial score (nSPS) is 11.3. The first-order valence-corrected chi connectivity index (χ1v) is 7.09. The number of rotatable bonds is 5. The minimum absolute atomic E-state index is 0.663. The molecule has 2 aromatic heterocycles. The lowest BCUT2D eigenvalue weighted by Crippen LogP contribution is -2.14. The zero-order valence-electron chi connectivity index (χ0n) is 10.8. The van der Waals surface area contributed by atoms with E-state index in [1.165, 1.54) is 0 Å². The lowest BCUT2D eigenvalue weighted by atomic mass is 10.4. The Bertz CT molecular complexity index is 566. The van der Waals surface area contributed by atoms with Gasteiger partial charge in [-0.25, -0.2) is 4.98 Å². The third-order valence-corrected chi connectivity index (χ3v) is 3.99. The van der Waals surface area contributed by atoms with Gasteiger partial charge in [-0.2, -0.15) is 5.10 Å². The molecule has 2 aromatic rings. The van der Waals surface area contributed by atoms with Crippen molar-refractivity contribution >= 4 is 23.6 Å². The molecular formula is C11H17N5S2. The van der Waals surface area contributed by atoms with Crippen molar-refractivity contribution in [2.24, 2.45) is 0 Å². The van der Waals surface area contributed by atoms with Gasteiger partial charge in [0.05, 0.1) is 9.88 Å². The third-order valence-electron chi connectivity index (χ3n) is 2.62. The zero-order valence-corrected chi connectivity index (χ0v) is 12.4. The predicted octanol–water partition coefficient (Wildman–Crippen LogP) is 2.19. The van der Waals surface area contributed by atoms with E-state index in [9.17, 15) is 0 Å². The van der Waals surface area contributed by atoms with Crippen molar-refractivity contribution in [2.45, 2.75) is 19.9 Å². The lowest BCUT2D eigenvalue weighted by molar-refractivity contribution is 0.413. The Balaban J connectivity index is 2.21. The van der Waals surface area contributed by atoms with Crippen molar-refractivity contribution in [3.63, 3.8) is 0 Å². The Labute approximate surface area is 115 Å². The summed E-state index contributed by atoms with van der Waals surface area (Å²) in [5, 5.41) is 8.24. The summed E-state index contributed by atoms with van der Waals surface area (Å²) in [4.78, 5) is 7.66. The monoisotopic (exact) mass is 283 g/mol. The molecule has 0 aromatic carbocycles. The van der Waals surface area contributed by atoms with Gasteiger partial charge in [0.15, 0.2) is 10.6 Å². The molecule has 2 rings (SSSR count). The van der Waals surface area contributed by atoms with Crippen LogP contribution in [-0.4, -0.2) is 45.3 Å². The van der Waals surface area contributed by atoms with Crippen LogP contribution in [0.4, 0.5) is 0 Å². The van der Waals surface area contributed by atoms with E-state index in [0.29, 0.717) is 4.77 Å². The minimum atomic E-state index is 0.663. The summed E-state index contributed by atoms with van der Waals surface area (Å²) in [7, 11) is 4.13. The van der Waals surface area contributed by atoms with E-state index < -0.39 is 0 Å². The predicted molar refractivity (Wildman–Crippen MR) is 76.5 cm³/mol. The Morgan fingerprint density at radius 2 is 2.28 bits per heavy atom. The van der Waals surface area contributed by atoms with E-state index in [1.54, 1.807) is 11.3 Å². The zero-order chi connectivity index (χ0) is 13.1. The number of aromatic nitrogens is 4. The van der Waals surface area contributed by atoms with Crippen LogP contribution in [0.1, 0.15) is 11.9 Å². The second kappa shape index (κ2) is 5.73. The van der Waals surface area contributed by atoms with E-state index in [-0.39, 0.29) is 0 Å². The quantitative estimate of drug-likeness (QED) is 0.855. The van der Waals surface area contributed by atoms with Crippen molar-refractivity contribution in [3.05, 3.63) is 16.0 Å². The van der Waals surface area contributed by atoms with Gasteiger partial charge in [0, 0.05) is 25.7 Å². The number of likely N-dealkylation sites (N-methyl/N-ethyl adjacent to an activating group) is 1. The fraction of sp³-hybridized carbons (Fsp3) is 0.545. The van der Waals surface area contributed by atoms with Crippen LogP contribution in [-0.2, 0) is 13.0 Å². The summed E-state index contributed by atoms with van der Waals surface area (Å²) in [6.07, 6.45) is 2.85. The fourth-order valence-corrected chi connectivity index (χ4v) is 2.81. The van der Waals surface area contributed by atoms with Gasteiger partial charge in [0.25, 0.3) is 0 Å². The van der Waals surface area contributed by atoms with E-state index in [1.807, 2.05) is 10.8 Å². The van der Waals surface area contributed by atoms with Crippen LogP contribution in [0.3, 0.4) is 0 Å². The van der Waals surface area contributed by atoms with Gasteiger partial charge in [0.1, 0.15) is 0 Å². The van der Waals surface area contributed by atoms with Crippen LogP contribution < -0.4 is 0 Å². The first kappa shape index (κ1) is 13.4. The van der Waals surface area contributed by atoms with Crippen molar-refractivity contribution in [1.82, 2.24) is 24.6 Å². The number of H-pyrrole nitrogens is 1. The Kier molecular flexibility index (Phi) is 4.26. The molecule has 18 heavy (non-hydrogen) atoms. The van der Waals surface area contributed by atoms with Crippen molar-refractivity contribution in [2.75, 3.05) is 20.6 Å². The van der Waals surface area contributed by atoms with Gasteiger partial charge in [-0.05, 0) is 33.2 Å². The molecule has 0 atom stereocenters. The first-order valence-electron chi connectivity index (χ1n) is 5.86. The maximum atomic E-state index is 5.19. The summed E-state index contributed by atoms with van der Waals surface area (Å²) in [6.45, 7) is 3.88. The highest BCUT2D eigenvalue weighted by Crippen LogP contribution is 2.24. The summed E-state index contributed by atoms with van der Waals surface area (Å²) >= 11 is 6.87. The van der Waals surface area contributed by atoms with E-state index >= 15 is 0 Å². The van der Waals surface area contributed by atoms with Crippen LogP contribution in [0.5, 0.6) is 0 Å². The van der Waals surface area contributed by atoms with Gasteiger partial charge in [0.2, 0.25) is 0 Å². The number of hydrogen-bond donors (Lipinski definition) is 1. The molecule has 0 unspecified atom stereocenters. The maximum absolute atomic E-state index is 5.19. The lowest BCUT2D eigenvalue weighted by Gasteiger charge is -2.06. The molecule has 0 spiro atoms. The van der Waals surface area contributed by atoms with Crippen molar-refractivity contribution in [1.29, 1.82) is 0 Å². The molecule has 0 amide bonds. The van der Waals surface area contributed by atoms with Gasteiger partial charge < -0.3 is 4.90 Å². The molecule has 0 aliphatic rings. The highest BCUT2D eigenvalue weighted by atomic mass is 32.1. The summed E-state index contributed by atoms with van der Waals surface area (Å²) in [5.41, 5.74) is 0. The van der Waals surface area contributed by atoms with Crippen LogP contribution in [0.15, 0.2) is 6.20 Å². The van der Waals surface area contributed by atoms with Gasteiger partial charge in [-0.15, -0.1) is 11.3 Å². The van der Waals surface area contributed by atoms with Crippen LogP contribution >= 0.6 is 23.6 Å². The number of nitrogens with one attached hydrogen (secondary N) is 1.